The van der Waals surface area contributed by atoms with Gasteiger partial charge in [-0.25, -0.2) is 4.68 Å². The van der Waals surface area contributed by atoms with Crippen molar-refractivity contribution in [2.75, 3.05) is 0 Å². The third-order valence-electron chi connectivity index (χ3n) is 2.51. The van der Waals surface area contributed by atoms with Crippen molar-refractivity contribution in [2.45, 2.75) is 19.9 Å². The molecular weight excluding hydrogens is 240 g/mol. The largest absolute Gasteiger partial charge is 0.481 e. The number of aliphatic carboxylic acids is 1. The summed E-state index contributed by atoms with van der Waals surface area (Å²) in [5.74, 6) is -0.506. The summed E-state index contributed by atoms with van der Waals surface area (Å²) >= 11 is 1.57. The predicted octanol–water partition coefficient (Wildman–Crippen LogP) is 1.51. The molecule has 0 fully saturated rings. The van der Waals surface area contributed by atoms with Crippen LogP contribution < -0.4 is 0 Å². The van der Waals surface area contributed by atoms with Crippen LogP contribution in [0.3, 0.4) is 0 Å². The van der Waals surface area contributed by atoms with Gasteiger partial charge in [0.05, 0.1) is 5.92 Å². The highest BCUT2D eigenvalue weighted by atomic mass is 32.1. The molecule has 0 aromatic carbocycles. The number of nitrogens with zero attached hydrogens (tertiary/aromatic N) is 4. The molecule has 1 unspecified atom stereocenters. The summed E-state index contributed by atoms with van der Waals surface area (Å²) in [6, 6.07) is 1.94. The van der Waals surface area contributed by atoms with E-state index in [2.05, 4.69) is 15.5 Å². The second kappa shape index (κ2) is 5.05. The summed E-state index contributed by atoms with van der Waals surface area (Å²) in [6.07, 6.45) is 0.511. The van der Waals surface area contributed by atoms with Crippen molar-refractivity contribution >= 4 is 17.3 Å². The Hall–Kier alpha value is -1.76. The molecule has 2 aromatic rings. The molecule has 2 heterocycles. The Morgan fingerprint density at radius 3 is 3.12 bits per heavy atom. The van der Waals surface area contributed by atoms with E-state index in [9.17, 15) is 4.79 Å². The van der Waals surface area contributed by atoms with Crippen molar-refractivity contribution in [3.63, 3.8) is 0 Å². The van der Waals surface area contributed by atoms with Crippen LogP contribution in [0.25, 0.3) is 11.4 Å². The number of thiophene rings is 1. The molecule has 0 saturated carbocycles. The van der Waals surface area contributed by atoms with Crippen LogP contribution in [0.4, 0.5) is 0 Å². The van der Waals surface area contributed by atoms with Crippen LogP contribution in [0.5, 0.6) is 0 Å². The number of aryl methyl sites for hydroxylation is 1. The molecule has 0 aliphatic carbocycles. The first-order valence-corrected chi connectivity index (χ1v) is 6.14. The average molecular weight is 252 g/mol. The van der Waals surface area contributed by atoms with Crippen LogP contribution in [-0.2, 0) is 11.3 Å². The van der Waals surface area contributed by atoms with Crippen LogP contribution in [0, 0.1) is 5.92 Å². The van der Waals surface area contributed by atoms with Gasteiger partial charge in [-0.2, -0.15) is 11.3 Å². The fourth-order valence-electron chi connectivity index (χ4n) is 1.39. The van der Waals surface area contributed by atoms with Gasteiger partial charge in [0.2, 0.25) is 0 Å². The molecule has 2 aromatic heterocycles. The molecule has 6 nitrogen and oxygen atoms in total. The lowest BCUT2D eigenvalue weighted by Crippen LogP contribution is -2.13. The lowest BCUT2D eigenvalue weighted by molar-refractivity contribution is -0.141. The lowest BCUT2D eigenvalue weighted by Gasteiger charge is -2.06. The summed E-state index contributed by atoms with van der Waals surface area (Å²) in [6.45, 7) is 2.18. The number of hydrogen-bond acceptors (Lipinski definition) is 5. The molecule has 0 bridgehead atoms. The minimum Gasteiger partial charge on any atom is -0.481 e. The van der Waals surface area contributed by atoms with Crippen molar-refractivity contribution in [1.82, 2.24) is 20.2 Å². The third-order valence-corrected chi connectivity index (χ3v) is 3.19. The van der Waals surface area contributed by atoms with Gasteiger partial charge in [0.15, 0.2) is 5.82 Å². The lowest BCUT2D eigenvalue weighted by atomic mass is 10.1. The number of carboxylic acid groups (broad SMARTS) is 1. The molecule has 0 radical (unpaired) electrons. The van der Waals surface area contributed by atoms with Crippen LogP contribution in [-0.4, -0.2) is 31.3 Å². The van der Waals surface area contributed by atoms with Gasteiger partial charge in [0.1, 0.15) is 0 Å². The maximum Gasteiger partial charge on any atom is 0.306 e. The second-order valence-corrected chi connectivity index (χ2v) is 4.55. The monoisotopic (exact) mass is 252 g/mol. The van der Waals surface area contributed by atoms with Crippen molar-refractivity contribution < 1.29 is 9.90 Å². The number of hydrogen-bond donors (Lipinski definition) is 1. The van der Waals surface area contributed by atoms with Crippen molar-refractivity contribution in [1.29, 1.82) is 0 Å². The summed E-state index contributed by atoms with van der Waals surface area (Å²) in [4.78, 5) is 10.7. The second-order valence-electron chi connectivity index (χ2n) is 3.77. The van der Waals surface area contributed by atoms with E-state index in [1.54, 1.807) is 22.9 Å². The minimum atomic E-state index is -0.796. The molecule has 0 amide bonds. The SMILES string of the molecule is CC(CCn1nnnc1-c1ccsc1)C(=O)O. The molecule has 0 spiro atoms. The molecule has 0 saturated heterocycles. The highest BCUT2D eigenvalue weighted by molar-refractivity contribution is 7.08. The number of aromatic nitrogens is 4. The van der Waals surface area contributed by atoms with Crippen LogP contribution >= 0.6 is 11.3 Å². The summed E-state index contributed by atoms with van der Waals surface area (Å²) < 4.78 is 1.64. The van der Waals surface area contributed by atoms with Crippen molar-refractivity contribution in [2.24, 2.45) is 5.92 Å². The molecule has 0 aliphatic rings. The fraction of sp³-hybridized carbons (Fsp3) is 0.400. The van der Waals surface area contributed by atoms with Crippen LogP contribution in [0.15, 0.2) is 16.8 Å². The third kappa shape index (κ3) is 2.68. The first kappa shape index (κ1) is 11.7. The van der Waals surface area contributed by atoms with E-state index >= 15 is 0 Å². The first-order valence-electron chi connectivity index (χ1n) is 5.20. The molecular formula is C10H12N4O2S. The zero-order chi connectivity index (χ0) is 12.3. The maximum absolute atomic E-state index is 10.7. The van der Waals surface area contributed by atoms with Gasteiger partial charge in [-0.1, -0.05) is 6.92 Å². The van der Waals surface area contributed by atoms with Gasteiger partial charge in [-0.15, -0.1) is 5.10 Å². The van der Waals surface area contributed by atoms with Crippen molar-refractivity contribution in [3.05, 3.63) is 16.8 Å². The smallest absolute Gasteiger partial charge is 0.306 e. The number of rotatable bonds is 5. The molecule has 7 heteroatoms. The highest BCUT2D eigenvalue weighted by Crippen LogP contribution is 2.19. The Labute approximate surface area is 102 Å². The van der Waals surface area contributed by atoms with E-state index < -0.39 is 11.9 Å². The van der Waals surface area contributed by atoms with E-state index in [0.29, 0.717) is 18.8 Å². The Balaban J connectivity index is 2.08. The van der Waals surface area contributed by atoms with Gasteiger partial charge >= 0.3 is 5.97 Å². The predicted molar refractivity (Wildman–Crippen MR) is 62.5 cm³/mol. The first-order chi connectivity index (χ1) is 8.18. The molecule has 1 N–H and O–H groups in total. The summed E-state index contributed by atoms with van der Waals surface area (Å²) in [7, 11) is 0. The van der Waals surface area contributed by atoms with Crippen LogP contribution in [0.1, 0.15) is 13.3 Å². The molecule has 0 aliphatic heterocycles. The maximum atomic E-state index is 10.7. The molecule has 1 atom stereocenters. The van der Waals surface area contributed by atoms with E-state index in [-0.39, 0.29) is 0 Å². The summed E-state index contributed by atoms with van der Waals surface area (Å²) in [5, 5.41) is 24.2. The number of carbonyl (C=O) groups is 1. The molecule has 90 valence electrons. The van der Waals surface area contributed by atoms with E-state index in [0.717, 1.165) is 5.56 Å². The zero-order valence-corrected chi connectivity index (χ0v) is 10.1. The topological polar surface area (TPSA) is 80.9 Å². The quantitative estimate of drug-likeness (QED) is 0.872. The Morgan fingerprint density at radius 1 is 1.65 bits per heavy atom. The summed E-state index contributed by atoms with van der Waals surface area (Å²) in [5.41, 5.74) is 0.961. The van der Waals surface area contributed by atoms with Gasteiger partial charge < -0.3 is 5.11 Å². The highest BCUT2D eigenvalue weighted by Gasteiger charge is 2.14. The number of carboxylic acids is 1. The van der Waals surface area contributed by atoms with Gasteiger partial charge in [-0.3, -0.25) is 4.79 Å². The normalized spacial score (nSPS) is 12.5. The van der Waals surface area contributed by atoms with E-state index in [1.807, 2.05) is 16.8 Å². The standard InChI is InChI=1S/C10H12N4O2S/c1-7(10(15)16)2-4-14-9(11-12-13-14)8-3-5-17-6-8/h3,5-7H,2,4H2,1H3,(H,15,16). The minimum absolute atomic E-state index is 0.394. The van der Waals surface area contributed by atoms with Gasteiger partial charge in [0.25, 0.3) is 0 Å². The fourth-order valence-corrected chi connectivity index (χ4v) is 2.03. The number of tetrazole rings is 1. The van der Waals surface area contributed by atoms with E-state index in [1.165, 1.54) is 0 Å². The van der Waals surface area contributed by atoms with Crippen LogP contribution in [0.2, 0.25) is 0 Å². The Kier molecular flexibility index (Phi) is 3.48. The van der Waals surface area contributed by atoms with Crippen molar-refractivity contribution in [3.8, 4) is 11.4 Å². The van der Waals surface area contributed by atoms with Gasteiger partial charge in [-0.05, 0) is 28.3 Å². The molecule has 17 heavy (non-hydrogen) atoms. The molecule has 2 rings (SSSR count). The van der Waals surface area contributed by atoms with Gasteiger partial charge in [0, 0.05) is 17.5 Å². The average Bonchev–Trinajstić information content (AvgIpc) is 2.95. The Morgan fingerprint density at radius 2 is 2.47 bits per heavy atom. The Bertz CT molecular complexity index is 494. The van der Waals surface area contributed by atoms with E-state index in [4.69, 9.17) is 5.11 Å². The zero-order valence-electron chi connectivity index (χ0n) is 9.28.